The van der Waals surface area contributed by atoms with Crippen molar-refractivity contribution in [2.75, 3.05) is 6.54 Å². The lowest BCUT2D eigenvalue weighted by molar-refractivity contribution is -0.142. The molecule has 1 fully saturated rings. The van der Waals surface area contributed by atoms with Gasteiger partial charge in [-0.3, -0.25) is 14.7 Å². The van der Waals surface area contributed by atoms with Crippen LogP contribution in [-0.4, -0.2) is 33.5 Å². The van der Waals surface area contributed by atoms with Crippen molar-refractivity contribution in [3.63, 3.8) is 0 Å². The monoisotopic (exact) mass is 310 g/mol. The zero-order chi connectivity index (χ0) is 16.2. The van der Waals surface area contributed by atoms with Crippen molar-refractivity contribution >= 4 is 5.97 Å². The molecule has 2 unspecified atom stereocenters. The van der Waals surface area contributed by atoms with Gasteiger partial charge in [0.1, 0.15) is 6.04 Å². The Hall–Kier alpha value is -2.20. The first-order chi connectivity index (χ1) is 11.2. The Morgan fingerprint density at radius 2 is 2.09 bits per heavy atom. The number of aryl methyl sites for hydroxylation is 1. The van der Waals surface area contributed by atoms with Crippen LogP contribution in [0.3, 0.4) is 0 Å². The van der Waals surface area contributed by atoms with Crippen LogP contribution in [-0.2, 0) is 11.2 Å². The summed E-state index contributed by atoms with van der Waals surface area (Å²) in [6, 6.07) is 13.7. The van der Waals surface area contributed by atoms with Gasteiger partial charge in [0.25, 0.3) is 0 Å². The summed E-state index contributed by atoms with van der Waals surface area (Å²) in [5, 5.41) is 9.55. The lowest BCUT2D eigenvalue weighted by Gasteiger charge is -2.31. The fraction of sp³-hybridized carbons (Fsp3) is 0.368. The second-order valence-electron chi connectivity index (χ2n) is 5.99. The van der Waals surface area contributed by atoms with Gasteiger partial charge in [0.15, 0.2) is 0 Å². The number of carboxylic acids is 1. The predicted molar refractivity (Wildman–Crippen MR) is 89.3 cm³/mol. The minimum Gasteiger partial charge on any atom is -0.480 e. The first-order valence-corrected chi connectivity index (χ1v) is 8.19. The number of hydrogen-bond donors (Lipinski definition) is 1. The third kappa shape index (κ3) is 3.27. The highest BCUT2D eigenvalue weighted by molar-refractivity contribution is 5.74. The molecule has 3 rings (SSSR count). The molecule has 120 valence electrons. The molecule has 2 atom stereocenters. The van der Waals surface area contributed by atoms with Gasteiger partial charge in [-0.2, -0.15) is 0 Å². The summed E-state index contributed by atoms with van der Waals surface area (Å²) >= 11 is 0. The van der Waals surface area contributed by atoms with E-state index in [4.69, 9.17) is 0 Å². The van der Waals surface area contributed by atoms with E-state index in [2.05, 4.69) is 35.0 Å². The molecule has 1 saturated heterocycles. The topological polar surface area (TPSA) is 53.4 Å². The number of pyridine rings is 1. The van der Waals surface area contributed by atoms with Crippen molar-refractivity contribution in [3.8, 4) is 0 Å². The van der Waals surface area contributed by atoms with Gasteiger partial charge in [0.05, 0.1) is 11.7 Å². The van der Waals surface area contributed by atoms with Gasteiger partial charge in [-0.05, 0) is 36.5 Å². The molecule has 0 aliphatic carbocycles. The molecular formula is C19H22N2O2. The van der Waals surface area contributed by atoms with Gasteiger partial charge in [0.2, 0.25) is 0 Å². The van der Waals surface area contributed by atoms with Crippen LogP contribution in [0.15, 0.2) is 48.7 Å². The third-order valence-electron chi connectivity index (χ3n) is 4.56. The summed E-state index contributed by atoms with van der Waals surface area (Å²) in [5.41, 5.74) is 3.20. The highest BCUT2D eigenvalue weighted by Crippen LogP contribution is 2.34. The number of rotatable bonds is 5. The summed E-state index contributed by atoms with van der Waals surface area (Å²) in [6.45, 7) is 2.89. The van der Waals surface area contributed by atoms with E-state index >= 15 is 0 Å². The Balaban J connectivity index is 2.01. The van der Waals surface area contributed by atoms with Gasteiger partial charge < -0.3 is 5.11 Å². The van der Waals surface area contributed by atoms with Crippen LogP contribution in [0, 0.1) is 0 Å². The van der Waals surface area contributed by atoms with Crippen LogP contribution in [0.1, 0.15) is 42.6 Å². The zero-order valence-electron chi connectivity index (χ0n) is 13.4. The highest BCUT2D eigenvalue weighted by Gasteiger charge is 2.37. The Morgan fingerprint density at radius 1 is 1.30 bits per heavy atom. The number of benzene rings is 1. The summed E-state index contributed by atoms with van der Waals surface area (Å²) in [5.74, 6) is -0.742. The van der Waals surface area contributed by atoms with E-state index in [9.17, 15) is 9.90 Å². The molecule has 0 bridgehead atoms. The van der Waals surface area contributed by atoms with E-state index < -0.39 is 12.0 Å². The fourth-order valence-electron chi connectivity index (χ4n) is 3.34. The predicted octanol–water partition coefficient (Wildman–Crippen LogP) is 3.28. The molecule has 1 aliphatic heterocycles. The van der Waals surface area contributed by atoms with E-state index in [1.165, 1.54) is 5.56 Å². The molecule has 4 heteroatoms. The number of nitrogens with zero attached hydrogens (tertiary/aromatic N) is 2. The second kappa shape index (κ2) is 6.92. The minimum atomic E-state index is -0.742. The van der Waals surface area contributed by atoms with Crippen molar-refractivity contribution in [2.45, 2.75) is 38.3 Å². The fourth-order valence-corrected chi connectivity index (χ4v) is 3.34. The maximum absolute atomic E-state index is 11.6. The Morgan fingerprint density at radius 3 is 2.70 bits per heavy atom. The Bertz CT molecular complexity index is 655. The maximum Gasteiger partial charge on any atom is 0.320 e. The van der Waals surface area contributed by atoms with Crippen LogP contribution in [0.25, 0.3) is 0 Å². The molecule has 0 radical (unpaired) electrons. The molecule has 2 aromatic rings. The standard InChI is InChI=1S/C19H22N2O2/c1-2-14-10-11-16(20-13-14)18(15-7-4-3-5-8-15)21-12-6-9-17(21)19(22)23/h3-5,7-8,10-11,13,17-18H,2,6,9,12H2,1H3,(H,22,23). The molecule has 2 heterocycles. The molecule has 1 aromatic heterocycles. The summed E-state index contributed by atoms with van der Waals surface area (Å²) in [4.78, 5) is 18.3. The third-order valence-corrected chi connectivity index (χ3v) is 4.56. The van der Waals surface area contributed by atoms with E-state index in [1.807, 2.05) is 30.5 Å². The maximum atomic E-state index is 11.6. The molecule has 1 aromatic carbocycles. The molecule has 0 saturated carbocycles. The van der Waals surface area contributed by atoms with Gasteiger partial charge >= 0.3 is 5.97 Å². The number of carbonyl (C=O) groups is 1. The summed E-state index contributed by atoms with van der Waals surface area (Å²) in [7, 11) is 0. The lowest BCUT2D eigenvalue weighted by Crippen LogP contribution is -2.39. The molecule has 23 heavy (non-hydrogen) atoms. The normalized spacial score (nSPS) is 19.6. The quantitative estimate of drug-likeness (QED) is 0.921. The zero-order valence-corrected chi connectivity index (χ0v) is 13.4. The van der Waals surface area contributed by atoms with E-state index in [1.54, 1.807) is 0 Å². The minimum absolute atomic E-state index is 0.106. The van der Waals surface area contributed by atoms with Crippen molar-refractivity contribution in [1.82, 2.24) is 9.88 Å². The second-order valence-corrected chi connectivity index (χ2v) is 5.99. The van der Waals surface area contributed by atoms with Crippen molar-refractivity contribution in [2.24, 2.45) is 0 Å². The largest absolute Gasteiger partial charge is 0.480 e. The average Bonchev–Trinajstić information content (AvgIpc) is 3.06. The van der Waals surface area contributed by atoms with Crippen LogP contribution in [0.2, 0.25) is 0 Å². The van der Waals surface area contributed by atoms with Crippen molar-refractivity contribution in [1.29, 1.82) is 0 Å². The number of hydrogen-bond acceptors (Lipinski definition) is 3. The number of aromatic nitrogens is 1. The van der Waals surface area contributed by atoms with Crippen molar-refractivity contribution < 1.29 is 9.90 Å². The summed E-state index contributed by atoms with van der Waals surface area (Å²) in [6.07, 6.45) is 4.46. The van der Waals surface area contributed by atoms with Crippen LogP contribution >= 0.6 is 0 Å². The van der Waals surface area contributed by atoms with Crippen LogP contribution < -0.4 is 0 Å². The van der Waals surface area contributed by atoms with Crippen LogP contribution in [0.4, 0.5) is 0 Å². The molecule has 4 nitrogen and oxygen atoms in total. The van der Waals surface area contributed by atoms with Gasteiger partial charge in [-0.25, -0.2) is 0 Å². The molecule has 1 N–H and O–H groups in total. The first kappa shape index (κ1) is 15.7. The summed E-state index contributed by atoms with van der Waals surface area (Å²) < 4.78 is 0. The van der Waals surface area contributed by atoms with Gasteiger partial charge in [-0.15, -0.1) is 0 Å². The number of likely N-dealkylation sites (tertiary alicyclic amines) is 1. The smallest absolute Gasteiger partial charge is 0.320 e. The Labute approximate surface area is 136 Å². The molecule has 0 spiro atoms. The number of carboxylic acid groups (broad SMARTS) is 1. The lowest BCUT2D eigenvalue weighted by atomic mass is 9.99. The van der Waals surface area contributed by atoms with E-state index in [-0.39, 0.29) is 6.04 Å². The number of aliphatic carboxylic acids is 1. The van der Waals surface area contributed by atoms with Crippen molar-refractivity contribution in [3.05, 3.63) is 65.5 Å². The first-order valence-electron chi connectivity index (χ1n) is 8.19. The van der Waals surface area contributed by atoms with Crippen LogP contribution in [0.5, 0.6) is 0 Å². The molecule has 1 aliphatic rings. The highest BCUT2D eigenvalue weighted by atomic mass is 16.4. The SMILES string of the molecule is CCc1ccc(C(c2ccccc2)N2CCCC2C(=O)O)nc1. The van der Waals surface area contributed by atoms with Gasteiger partial charge in [0, 0.05) is 12.7 Å². The van der Waals surface area contributed by atoms with E-state index in [0.717, 1.165) is 30.6 Å². The average molecular weight is 310 g/mol. The van der Waals surface area contributed by atoms with Gasteiger partial charge in [-0.1, -0.05) is 43.3 Å². The molecular weight excluding hydrogens is 288 g/mol. The molecule has 0 amide bonds. The Kier molecular flexibility index (Phi) is 4.72. The van der Waals surface area contributed by atoms with E-state index in [0.29, 0.717) is 6.42 Å².